The summed E-state index contributed by atoms with van der Waals surface area (Å²) in [6, 6.07) is 9.90. The van der Waals surface area contributed by atoms with Gasteiger partial charge in [0.2, 0.25) is 0 Å². The van der Waals surface area contributed by atoms with Gasteiger partial charge in [-0.1, -0.05) is 0 Å². The molecule has 0 bridgehead atoms. The van der Waals surface area contributed by atoms with Crippen LogP contribution in [0.4, 0.5) is 13.2 Å². The van der Waals surface area contributed by atoms with E-state index < -0.39 is 11.9 Å². The van der Waals surface area contributed by atoms with E-state index >= 15 is 0 Å². The average Bonchev–Trinajstić information content (AvgIpc) is 3.36. The quantitative estimate of drug-likeness (QED) is 0.631. The first kappa shape index (κ1) is 19.2. The maximum atomic E-state index is 12.6. The minimum absolute atomic E-state index is 0.175. The van der Waals surface area contributed by atoms with Gasteiger partial charge < -0.3 is 15.1 Å². The van der Waals surface area contributed by atoms with E-state index in [1.165, 1.54) is 42.8 Å². The Labute approximate surface area is 157 Å². The second kappa shape index (κ2) is 7.99. The topological polar surface area (TPSA) is 89.2 Å². The lowest BCUT2D eigenvalue weighted by atomic mass is 10.2. The van der Waals surface area contributed by atoms with Crippen LogP contribution in [0.25, 0.3) is 5.69 Å². The summed E-state index contributed by atoms with van der Waals surface area (Å²) in [6.07, 6.45) is -1.94. The van der Waals surface area contributed by atoms with Crippen molar-refractivity contribution >= 4 is 11.8 Å². The summed E-state index contributed by atoms with van der Waals surface area (Å²) in [6.45, 7) is 0.401. The molecule has 2 aromatic heterocycles. The Morgan fingerprint density at radius 3 is 2.25 bits per heavy atom. The maximum absolute atomic E-state index is 12.6. The van der Waals surface area contributed by atoms with Crippen molar-refractivity contribution in [2.24, 2.45) is 0 Å². The van der Waals surface area contributed by atoms with Crippen molar-refractivity contribution in [2.75, 3.05) is 13.1 Å². The van der Waals surface area contributed by atoms with Crippen LogP contribution < -0.4 is 10.6 Å². The molecule has 2 amide bonds. The van der Waals surface area contributed by atoms with E-state index in [2.05, 4.69) is 15.7 Å². The molecule has 7 nitrogen and oxygen atoms in total. The SMILES string of the molecule is O=C(NCCNC(=O)c1ccco1)c1ccc(-n2ccc(C(F)(F)F)n2)cc1. The van der Waals surface area contributed by atoms with Crippen molar-refractivity contribution in [2.45, 2.75) is 6.18 Å². The van der Waals surface area contributed by atoms with Crippen LogP contribution in [0.2, 0.25) is 0 Å². The number of aromatic nitrogens is 2. The van der Waals surface area contributed by atoms with Gasteiger partial charge >= 0.3 is 6.18 Å². The maximum Gasteiger partial charge on any atom is 0.435 e. The number of benzene rings is 1. The highest BCUT2D eigenvalue weighted by molar-refractivity contribution is 5.94. The lowest BCUT2D eigenvalue weighted by Gasteiger charge is -2.07. The zero-order valence-electron chi connectivity index (χ0n) is 14.4. The molecule has 0 aliphatic heterocycles. The second-order valence-corrected chi connectivity index (χ2v) is 5.68. The van der Waals surface area contributed by atoms with Gasteiger partial charge in [0.15, 0.2) is 11.5 Å². The number of alkyl halides is 3. The predicted octanol–water partition coefficient (Wildman–Crippen LogP) is 2.64. The van der Waals surface area contributed by atoms with E-state index in [0.717, 1.165) is 10.7 Å². The summed E-state index contributed by atoms with van der Waals surface area (Å²) < 4.78 is 43.8. The zero-order chi connectivity index (χ0) is 20.1. The van der Waals surface area contributed by atoms with Gasteiger partial charge in [-0.25, -0.2) is 4.68 Å². The van der Waals surface area contributed by atoms with Gasteiger partial charge in [0.05, 0.1) is 12.0 Å². The van der Waals surface area contributed by atoms with Gasteiger partial charge in [-0.3, -0.25) is 9.59 Å². The second-order valence-electron chi connectivity index (χ2n) is 5.68. The van der Waals surface area contributed by atoms with Gasteiger partial charge in [0.1, 0.15) is 0 Å². The van der Waals surface area contributed by atoms with Gasteiger partial charge in [-0.2, -0.15) is 18.3 Å². The van der Waals surface area contributed by atoms with E-state index in [4.69, 9.17) is 4.42 Å². The van der Waals surface area contributed by atoms with Crippen LogP contribution in [0.1, 0.15) is 26.6 Å². The number of amides is 2. The Morgan fingerprint density at radius 2 is 1.68 bits per heavy atom. The molecule has 3 aromatic rings. The van der Waals surface area contributed by atoms with Crippen LogP contribution >= 0.6 is 0 Å². The predicted molar refractivity (Wildman–Crippen MR) is 91.9 cm³/mol. The lowest BCUT2D eigenvalue weighted by molar-refractivity contribution is -0.141. The Kier molecular flexibility index (Phi) is 5.48. The van der Waals surface area contributed by atoms with E-state index in [0.29, 0.717) is 11.3 Å². The zero-order valence-corrected chi connectivity index (χ0v) is 14.4. The van der Waals surface area contributed by atoms with Gasteiger partial charge in [-0.15, -0.1) is 0 Å². The molecule has 3 rings (SSSR count). The number of hydrogen-bond acceptors (Lipinski definition) is 4. The number of halogens is 3. The van der Waals surface area contributed by atoms with Gasteiger partial charge in [-0.05, 0) is 42.5 Å². The molecule has 0 unspecified atom stereocenters. The van der Waals surface area contributed by atoms with Crippen molar-refractivity contribution in [3.8, 4) is 5.69 Å². The van der Waals surface area contributed by atoms with Crippen LogP contribution in [0.5, 0.6) is 0 Å². The Morgan fingerprint density at radius 1 is 1.00 bits per heavy atom. The third-order valence-corrected chi connectivity index (χ3v) is 3.71. The molecule has 1 aromatic carbocycles. The molecule has 0 aliphatic carbocycles. The summed E-state index contributed by atoms with van der Waals surface area (Å²) in [7, 11) is 0. The third kappa shape index (κ3) is 4.58. The normalized spacial score (nSPS) is 11.2. The fraction of sp³-hybridized carbons (Fsp3) is 0.167. The molecule has 0 saturated carbocycles. The number of furan rings is 1. The fourth-order valence-electron chi connectivity index (χ4n) is 2.33. The highest BCUT2D eigenvalue weighted by Gasteiger charge is 2.33. The van der Waals surface area contributed by atoms with Crippen molar-refractivity contribution in [1.29, 1.82) is 0 Å². The molecule has 2 heterocycles. The molecule has 0 saturated heterocycles. The minimum atomic E-state index is -4.52. The summed E-state index contributed by atoms with van der Waals surface area (Å²) >= 11 is 0. The largest absolute Gasteiger partial charge is 0.459 e. The van der Waals surface area contributed by atoms with Crippen LogP contribution in [0.15, 0.2) is 59.3 Å². The molecule has 0 atom stereocenters. The molecule has 0 fully saturated rings. The minimum Gasteiger partial charge on any atom is -0.459 e. The van der Waals surface area contributed by atoms with E-state index in [1.807, 2.05) is 0 Å². The molecular weight excluding hydrogens is 377 g/mol. The molecule has 0 radical (unpaired) electrons. The Balaban J connectivity index is 1.51. The van der Waals surface area contributed by atoms with Crippen molar-refractivity contribution < 1.29 is 27.2 Å². The van der Waals surface area contributed by atoms with Gasteiger partial charge in [0.25, 0.3) is 11.8 Å². The lowest BCUT2D eigenvalue weighted by Crippen LogP contribution is -2.34. The first-order chi connectivity index (χ1) is 13.3. The molecule has 0 aliphatic rings. The van der Waals surface area contributed by atoms with Gasteiger partial charge in [0, 0.05) is 24.8 Å². The van der Waals surface area contributed by atoms with Crippen molar-refractivity contribution in [3.05, 3.63) is 71.9 Å². The summed E-state index contributed by atoms with van der Waals surface area (Å²) in [5.74, 6) is -0.592. The molecular formula is C18H15F3N4O3. The summed E-state index contributed by atoms with van der Waals surface area (Å²) in [4.78, 5) is 23.7. The highest BCUT2D eigenvalue weighted by Crippen LogP contribution is 2.27. The monoisotopic (exact) mass is 392 g/mol. The first-order valence-corrected chi connectivity index (χ1v) is 8.18. The fourth-order valence-corrected chi connectivity index (χ4v) is 2.33. The summed E-state index contributed by atoms with van der Waals surface area (Å²) in [5.41, 5.74) is -0.284. The van der Waals surface area contributed by atoms with Crippen LogP contribution in [-0.4, -0.2) is 34.7 Å². The number of nitrogens with zero attached hydrogens (tertiary/aromatic N) is 2. The molecule has 0 spiro atoms. The third-order valence-electron chi connectivity index (χ3n) is 3.71. The molecule has 10 heteroatoms. The van der Waals surface area contributed by atoms with Crippen LogP contribution in [0, 0.1) is 0 Å². The smallest absolute Gasteiger partial charge is 0.435 e. The molecule has 28 heavy (non-hydrogen) atoms. The Bertz CT molecular complexity index is 947. The number of nitrogens with one attached hydrogen (secondary N) is 2. The average molecular weight is 392 g/mol. The number of rotatable bonds is 6. The van der Waals surface area contributed by atoms with E-state index in [9.17, 15) is 22.8 Å². The Hall–Kier alpha value is -3.56. The molecule has 2 N–H and O–H groups in total. The highest BCUT2D eigenvalue weighted by atomic mass is 19.4. The van der Waals surface area contributed by atoms with E-state index in [1.54, 1.807) is 6.07 Å². The van der Waals surface area contributed by atoms with Crippen LogP contribution in [0.3, 0.4) is 0 Å². The molecule has 146 valence electrons. The number of hydrogen-bond donors (Lipinski definition) is 2. The first-order valence-electron chi connectivity index (χ1n) is 8.18. The van der Waals surface area contributed by atoms with Crippen LogP contribution in [-0.2, 0) is 6.18 Å². The standard InChI is InChI=1S/C18H15F3N4O3/c19-18(20,21)15-7-10-25(24-15)13-5-3-12(4-6-13)16(26)22-8-9-23-17(27)14-2-1-11-28-14/h1-7,10-11H,8-9H2,(H,22,26)(H,23,27). The number of carbonyl (C=O) groups excluding carboxylic acids is 2. The van der Waals surface area contributed by atoms with Crippen molar-refractivity contribution in [1.82, 2.24) is 20.4 Å². The van der Waals surface area contributed by atoms with Crippen molar-refractivity contribution in [3.63, 3.8) is 0 Å². The summed E-state index contributed by atoms with van der Waals surface area (Å²) in [5, 5.41) is 8.68. The number of carbonyl (C=O) groups is 2. The van der Waals surface area contributed by atoms with E-state index in [-0.39, 0.29) is 30.7 Å².